The molecule has 0 aliphatic carbocycles. The van der Waals surface area contributed by atoms with Gasteiger partial charge in [-0.3, -0.25) is 4.79 Å². The Kier molecular flexibility index (Phi) is 4.43. The van der Waals surface area contributed by atoms with Crippen LogP contribution in [-0.4, -0.2) is 38.7 Å². The van der Waals surface area contributed by atoms with Crippen molar-refractivity contribution in [3.63, 3.8) is 0 Å². The number of nitrogens with zero attached hydrogens (tertiary/aromatic N) is 3. The maximum Gasteiger partial charge on any atom is 0.251 e. The first kappa shape index (κ1) is 17.0. The third kappa shape index (κ3) is 3.20. The minimum atomic E-state index is -0.248. The highest BCUT2D eigenvalue weighted by atomic mass is 16.5. The third-order valence-electron chi connectivity index (χ3n) is 4.29. The molecule has 4 aromatic rings. The lowest BCUT2D eigenvalue weighted by Crippen LogP contribution is -2.26. The molecule has 0 atom stereocenters. The summed E-state index contributed by atoms with van der Waals surface area (Å²) in [7, 11) is 0. The molecule has 0 aliphatic heterocycles. The van der Waals surface area contributed by atoms with Crippen LogP contribution >= 0.6 is 0 Å². The number of pyridine rings is 1. The molecule has 3 aromatic heterocycles. The SMILES string of the molecule is Cc1onc(-c2ccccc2)c1-c1cn2ccc(C(=O)NCCO)cc2n1. The number of benzene rings is 1. The molecule has 0 spiro atoms. The van der Waals surface area contributed by atoms with Crippen LogP contribution in [0.25, 0.3) is 28.2 Å². The van der Waals surface area contributed by atoms with Crippen molar-refractivity contribution in [3.8, 4) is 22.5 Å². The normalized spacial score (nSPS) is 11.0. The Morgan fingerprint density at radius 1 is 1.26 bits per heavy atom. The third-order valence-corrected chi connectivity index (χ3v) is 4.29. The highest BCUT2D eigenvalue weighted by Crippen LogP contribution is 2.33. The van der Waals surface area contributed by atoms with Crippen molar-refractivity contribution in [3.05, 3.63) is 66.2 Å². The lowest BCUT2D eigenvalue weighted by Gasteiger charge is -2.03. The molecule has 7 heteroatoms. The molecule has 27 heavy (non-hydrogen) atoms. The van der Waals surface area contributed by atoms with E-state index in [0.717, 1.165) is 22.5 Å². The first-order valence-electron chi connectivity index (χ1n) is 8.57. The molecule has 136 valence electrons. The number of rotatable bonds is 5. The number of hydrogen-bond acceptors (Lipinski definition) is 5. The molecular weight excluding hydrogens is 344 g/mol. The van der Waals surface area contributed by atoms with Crippen LogP contribution in [0, 0.1) is 6.92 Å². The van der Waals surface area contributed by atoms with Crippen LogP contribution in [0.15, 0.2) is 59.4 Å². The summed E-state index contributed by atoms with van der Waals surface area (Å²) in [4.78, 5) is 16.8. The Hall–Kier alpha value is -3.45. The van der Waals surface area contributed by atoms with Gasteiger partial charge in [0.05, 0.1) is 17.9 Å². The first-order chi connectivity index (χ1) is 13.2. The Morgan fingerprint density at radius 2 is 2.07 bits per heavy atom. The molecule has 0 aliphatic rings. The highest BCUT2D eigenvalue weighted by molar-refractivity contribution is 5.95. The second-order valence-electron chi connectivity index (χ2n) is 6.11. The summed E-state index contributed by atoms with van der Waals surface area (Å²) in [6, 6.07) is 13.2. The van der Waals surface area contributed by atoms with Crippen LogP contribution < -0.4 is 5.32 Å². The van der Waals surface area contributed by atoms with Crippen LogP contribution in [-0.2, 0) is 0 Å². The standard InChI is InChI=1S/C20H18N4O3/c1-13-18(19(23-27-13)14-5-3-2-4-6-14)16-12-24-9-7-15(11-17(24)22-16)20(26)21-8-10-25/h2-7,9,11-12,25H,8,10H2,1H3,(H,21,26). The number of aliphatic hydroxyl groups excluding tert-OH is 1. The molecule has 0 fully saturated rings. The zero-order chi connectivity index (χ0) is 18.8. The molecule has 2 N–H and O–H groups in total. The number of nitrogens with one attached hydrogen (secondary N) is 1. The molecule has 4 rings (SSSR count). The Labute approximate surface area is 155 Å². The van der Waals surface area contributed by atoms with Crippen molar-refractivity contribution in [2.75, 3.05) is 13.2 Å². The predicted molar refractivity (Wildman–Crippen MR) is 100 cm³/mol. The predicted octanol–water partition coefficient (Wildman–Crippen LogP) is 2.69. The van der Waals surface area contributed by atoms with Gasteiger partial charge in [0, 0.05) is 30.1 Å². The van der Waals surface area contributed by atoms with Gasteiger partial charge in [0.2, 0.25) is 0 Å². The average molecular weight is 362 g/mol. The maximum atomic E-state index is 12.1. The summed E-state index contributed by atoms with van der Waals surface area (Å²) in [6.45, 7) is 1.97. The Balaban J connectivity index is 1.75. The molecule has 1 aromatic carbocycles. The van der Waals surface area contributed by atoms with Crippen LogP contribution in [0.5, 0.6) is 0 Å². The van der Waals surface area contributed by atoms with Gasteiger partial charge in [0.25, 0.3) is 5.91 Å². The maximum absolute atomic E-state index is 12.1. The van der Waals surface area contributed by atoms with Crippen LogP contribution in [0.1, 0.15) is 16.1 Å². The average Bonchev–Trinajstić information content (AvgIpc) is 3.29. The second-order valence-corrected chi connectivity index (χ2v) is 6.11. The van der Waals surface area contributed by atoms with Crippen molar-refractivity contribution < 1.29 is 14.4 Å². The summed E-state index contributed by atoms with van der Waals surface area (Å²) in [5, 5.41) is 15.7. The van der Waals surface area contributed by atoms with Crippen molar-refractivity contribution >= 4 is 11.6 Å². The quantitative estimate of drug-likeness (QED) is 0.569. The van der Waals surface area contributed by atoms with E-state index in [1.807, 2.05) is 47.9 Å². The van der Waals surface area contributed by atoms with Crippen LogP contribution in [0.3, 0.4) is 0 Å². The molecule has 0 saturated heterocycles. The van der Waals surface area contributed by atoms with Gasteiger partial charge in [-0.2, -0.15) is 0 Å². The van der Waals surface area contributed by atoms with Gasteiger partial charge in [-0.25, -0.2) is 4.98 Å². The lowest BCUT2D eigenvalue weighted by molar-refractivity contribution is 0.0944. The fraction of sp³-hybridized carbons (Fsp3) is 0.150. The molecule has 7 nitrogen and oxygen atoms in total. The number of amides is 1. The Morgan fingerprint density at radius 3 is 2.85 bits per heavy atom. The monoisotopic (exact) mass is 362 g/mol. The number of aliphatic hydroxyl groups is 1. The van der Waals surface area contributed by atoms with E-state index in [1.165, 1.54) is 0 Å². The van der Waals surface area contributed by atoms with E-state index in [0.29, 0.717) is 17.0 Å². The number of fused-ring (bicyclic) bond motifs is 1. The smallest absolute Gasteiger partial charge is 0.251 e. The zero-order valence-electron chi connectivity index (χ0n) is 14.7. The van der Waals surface area contributed by atoms with E-state index < -0.39 is 0 Å². The van der Waals surface area contributed by atoms with Gasteiger partial charge < -0.3 is 19.3 Å². The molecule has 0 saturated carbocycles. The van der Waals surface area contributed by atoms with E-state index in [9.17, 15) is 4.79 Å². The fourth-order valence-electron chi connectivity index (χ4n) is 2.98. The van der Waals surface area contributed by atoms with Gasteiger partial charge in [0.1, 0.15) is 17.1 Å². The fourth-order valence-corrected chi connectivity index (χ4v) is 2.98. The molecular formula is C20H18N4O3. The zero-order valence-corrected chi connectivity index (χ0v) is 14.7. The van der Waals surface area contributed by atoms with Crippen molar-refractivity contribution in [1.29, 1.82) is 0 Å². The van der Waals surface area contributed by atoms with Crippen molar-refractivity contribution in [1.82, 2.24) is 19.9 Å². The van der Waals surface area contributed by atoms with E-state index in [2.05, 4.69) is 15.5 Å². The van der Waals surface area contributed by atoms with Crippen molar-refractivity contribution in [2.24, 2.45) is 0 Å². The largest absolute Gasteiger partial charge is 0.395 e. The number of imidazole rings is 1. The summed E-state index contributed by atoms with van der Waals surface area (Å²) < 4.78 is 7.27. The molecule has 3 heterocycles. The Bertz CT molecular complexity index is 1100. The molecule has 0 bridgehead atoms. The van der Waals surface area contributed by atoms with E-state index in [-0.39, 0.29) is 19.1 Å². The van der Waals surface area contributed by atoms with Gasteiger partial charge in [-0.05, 0) is 19.1 Å². The van der Waals surface area contributed by atoms with Crippen LogP contribution in [0.4, 0.5) is 0 Å². The summed E-state index contributed by atoms with van der Waals surface area (Å²) in [5.74, 6) is 0.431. The molecule has 0 radical (unpaired) electrons. The summed E-state index contributed by atoms with van der Waals surface area (Å²) in [6.07, 6.45) is 3.67. The number of carbonyl (C=O) groups is 1. The van der Waals surface area contributed by atoms with Gasteiger partial charge in [0.15, 0.2) is 0 Å². The van der Waals surface area contributed by atoms with Crippen molar-refractivity contribution in [2.45, 2.75) is 6.92 Å². The van der Waals surface area contributed by atoms with E-state index in [4.69, 9.17) is 9.63 Å². The lowest BCUT2D eigenvalue weighted by atomic mass is 10.0. The minimum absolute atomic E-state index is 0.101. The molecule has 1 amide bonds. The second kappa shape index (κ2) is 7.05. The summed E-state index contributed by atoms with van der Waals surface area (Å²) >= 11 is 0. The first-order valence-corrected chi connectivity index (χ1v) is 8.57. The highest BCUT2D eigenvalue weighted by Gasteiger charge is 2.19. The summed E-state index contributed by atoms with van der Waals surface area (Å²) in [5.41, 5.74) is 4.36. The number of hydrogen-bond donors (Lipinski definition) is 2. The number of aromatic nitrogens is 3. The number of aryl methyl sites for hydroxylation is 1. The van der Waals surface area contributed by atoms with Gasteiger partial charge >= 0.3 is 0 Å². The number of carbonyl (C=O) groups excluding carboxylic acids is 1. The van der Waals surface area contributed by atoms with Gasteiger partial charge in [-0.1, -0.05) is 35.5 Å². The minimum Gasteiger partial charge on any atom is -0.395 e. The van der Waals surface area contributed by atoms with Crippen LogP contribution in [0.2, 0.25) is 0 Å². The van der Waals surface area contributed by atoms with E-state index >= 15 is 0 Å². The topological polar surface area (TPSA) is 92.7 Å². The van der Waals surface area contributed by atoms with Gasteiger partial charge in [-0.15, -0.1) is 0 Å². The van der Waals surface area contributed by atoms with E-state index in [1.54, 1.807) is 18.3 Å². The molecule has 0 unspecified atom stereocenters.